The van der Waals surface area contributed by atoms with Crippen molar-refractivity contribution in [3.05, 3.63) is 39.0 Å². The number of rotatable bonds is 5. The highest BCUT2D eigenvalue weighted by molar-refractivity contribution is 5.93. The van der Waals surface area contributed by atoms with E-state index >= 15 is 0 Å². The number of aryl methyl sites for hydroxylation is 1. The van der Waals surface area contributed by atoms with Gasteiger partial charge in [0.1, 0.15) is 0 Å². The molecule has 1 aromatic carbocycles. The Labute approximate surface area is 133 Å². The zero-order valence-electron chi connectivity index (χ0n) is 13.6. The van der Waals surface area contributed by atoms with Crippen molar-refractivity contribution in [2.24, 2.45) is 5.73 Å². The van der Waals surface area contributed by atoms with Crippen molar-refractivity contribution in [3.8, 4) is 0 Å². The van der Waals surface area contributed by atoms with Crippen molar-refractivity contribution in [2.45, 2.75) is 46.3 Å². The maximum Gasteiger partial charge on any atom is 0.331 e. The van der Waals surface area contributed by atoms with Crippen LogP contribution in [0.3, 0.4) is 0 Å². The molecule has 2 rings (SSSR count). The minimum absolute atomic E-state index is 0.200. The molecule has 1 unspecified atom stereocenters. The van der Waals surface area contributed by atoms with Crippen LogP contribution >= 0.6 is 0 Å². The number of carbonyl (C=O) groups is 1. The van der Waals surface area contributed by atoms with E-state index in [2.05, 4.69) is 5.32 Å². The van der Waals surface area contributed by atoms with Gasteiger partial charge in [-0.1, -0.05) is 0 Å². The number of nitrogens with two attached hydrogens (primary N) is 1. The third kappa shape index (κ3) is 3.34. The summed E-state index contributed by atoms with van der Waals surface area (Å²) in [5.74, 6) is -0.209. The van der Waals surface area contributed by atoms with Crippen LogP contribution in [-0.2, 0) is 17.9 Å². The van der Waals surface area contributed by atoms with Gasteiger partial charge in [-0.25, -0.2) is 4.79 Å². The second-order valence-electron chi connectivity index (χ2n) is 5.54. The molecular formula is C16H22N4O3. The first-order chi connectivity index (χ1) is 10.9. The van der Waals surface area contributed by atoms with E-state index in [1.54, 1.807) is 36.6 Å². The van der Waals surface area contributed by atoms with Gasteiger partial charge in [-0.3, -0.25) is 18.7 Å². The minimum Gasteiger partial charge on any atom is -0.327 e. The van der Waals surface area contributed by atoms with Gasteiger partial charge in [0, 0.05) is 31.2 Å². The molecule has 1 heterocycles. The Morgan fingerprint density at radius 1 is 1.22 bits per heavy atom. The van der Waals surface area contributed by atoms with E-state index in [-0.39, 0.29) is 29.6 Å². The fraction of sp³-hybridized carbons (Fsp3) is 0.438. The summed E-state index contributed by atoms with van der Waals surface area (Å²) in [5.41, 5.74) is 6.02. The normalized spacial score (nSPS) is 12.3. The first kappa shape index (κ1) is 17.0. The SMILES string of the molecule is CCn1c(=O)c2cc(NC(=O)CC(C)N)ccc2n(CC)c1=O. The molecule has 3 N–H and O–H groups in total. The third-order valence-electron chi connectivity index (χ3n) is 3.65. The van der Waals surface area contributed by atoms with Gasteiger partial charge in [-0.05, 0) is 39.0 Å². The van der Waals surface area contributed by atoms with Crippen LogP contribution in [0.5, 0.6) is 0 Å². The lowest BCUT2D eigenvalue weighted by Gasteiger charge is -2.13. The predicted molar refractivity (Wildman–Crippen MR) is 90.7 cm³/mol. The summed E-state index contributed by atoms with van der Waals surface area (Å²) in [7, 11) is 0. The topological polar surface area (TPSA) is 99.1 Å². The first-order valence-corrected chi connectivity index (χ1v) is 7.71. The van der Waals surface area contributed by atoms with Crippen molar-refractivity contribution in [2.75, 3.05) is 5.32 Å². The number of amides is 1. The predicted octanol–water partition coefficient (Wildman–Crippen LogP) is 0.879. The minimum atomic E-state index is -0.347. The van der Waals surface area contributed by atoms with Crippen LogP contribution in [0.15, 0.2) is 27.8 Å². The van der Waals surface area contributed by atoms with Crippen LogP contribution in [0, 0.1) is 0 Å². The Hall–Kier alpha value is -2.41. The van der Waals surface area contributed by atoms with Crippen LogP contribution in [0.4, 0.5) is 5.69 Å². The molecular weight excluding hydrogens is 296 g/mol. The van der Waals surface area contributed by atoms with E-state index in [1.165, 1.54) is 4.57 Å². The number of aromatic nitrogens is 2. The lowest BCUT2D eigenvalue weighted by molar-refractivity contribution is -0.116. The second kappa shape index (κ2) is 6.78. The molecule has 1 amide bonds. The standard InChI is InChI=1S/C16H22N4O3/c1-4-19-13-7-6-11(18-14(21)8-10(3)17)9-12(13)15(22)20(5-2)16(19)23/h6-7,9-10H,4-5,8,17H2,1-3H3,(H,18,21). The molecule has 124 valence electrons. The maximum atomic E-state index is 12.5. The van der Waals surface area contributed by atoms with Gasteiger partial charge in [-0.15, -0.1) is 0 Å². The molecule has 7 nitrogen and oxygen atoms in total. The molecule has 0 fully saturated rings. The Morgan fingerprint density at radius 2 is 1.87 bits per heavy atom. The summed E-state index contributed by atoms with van der Waals surface area (Å²) in [4.78, 5) is 36.6. The van der Waals surface area contributed by atoms with Crippen molar-refractivity contribution in [3.63, 3.8) is 0 Å². The molecule has 0 aliphatic carbocycles. The third-order valence-corrected chi connectivity index (χ3v) is 3.65. The summed E-state index contributed by atoms with van der Waals surface area (Å²) in [5, 5.41) is 3.14. The van der Waals surface area contributed by atoms with Crippen molar-refractivity contribution < 1.29 is 4.79 Å². The largest absolute Gasteiger partial charge is 0.331 e. The molecule has 0 aliphatic heterocycles. The fourth-order valence-corrected chi connectivity index (χ4v) is 2.59. The number of nitrogens with zero attached hydrogens (tertiary/aromatic N) is 2. The highest BCUT2D eigenvalue weighted by Gasteiger charge is 2.13. The molecule has 1 atom stereocenters. The maximum absolute atomic E-state index is 12.5. The molecule has 0 bridgehead atoms. The molecule has 1 aromatic heterocycles. The zero-order chi connectivity index (χ0) is 17.1. The van der Waals surface area contributed by atoms with Gasteiger partial charge in [0.15, 0.2) is 0 Å². The molecule has 0 saturated heterocycles. The van der Waals surface area contributed by atoms with E-state index in [9.17, 15) is 14.4 Å². The highest BCUT2D eigenvalue weighted by atomic mass is 16.2. The average Bonchev–Trinajstić information content (AvgIpc) is 2.48. The van der Waals surface area contributed by atoms with E-state index in [1.807, 2.05) is 6.92 Å². The Balaban J connectivity index is 2.57. The van der Waals surface area contributed by atoms with Crippen LogP contribution in [0.2, 0.25) is 0 Å². The number of nitrogens with one attached hydrogen (secondary N) is 1. The van der Waals surface area contributed by atoms with E-state index < -0.39 is 0 Å². The quantitative estimate of drug-likeness (QED) is 0.855. The summed E-state index contributed by atoms with van der Waals surface area (Å²) < 4.78 is 2.74. The summed E-state index contributed by atoms with van der Waals surface area (Å²) in [6.07, 6.45) is 0.200. The van der Waals surface area contributed by atoms with Crippen LogP contribution in [0.25, 0.3) is 10.9 Å². The lowest BCUT2D eigenvalue weighted by atomic mass is 10.2. The molecule has 2 aromatic rings. The van der Waals surface area contributed by atoms with Crippen LogP contribution in [0.1, 0.15) is 27.2 Å². The van der Waals surface area contributed by atoms with Gasteiger partial charge >= 0.3 is 5.69 Å². The number of hydrogen-bond donors (Lipinski definition) is 2. The smallest absolute Gasteiger partial charge is 0.327 e. The monoisotopic (exact) mass is 318 g/mol. The molecule has 0 spiro atoms. The van der Waals surface area contributed by atoms with E-state index in [0.29, 0.717) is 29.7 Å². The molecule has 23 heavy (non-hydrogen) atoms. The zero-order valence-corrected chi connectivity index (χ0v) is 13.6. The Morgan fingerprint density at radius 3 is 2.43 bits per heavy atom. The summed E-state index contributed by atoms with van der Waals surface area (Å²) >= 11 is 0. The van der Waals surface area contributed by atoms with Gasteiger partial charge in [-0.2, -0.15) is 0 Å². The summed E-state index contributed by atoms with van der Waals surface area (Å²) in [6.45, 7) is 6.12. The average molecular weight is 318 g/mol. The van der Waals surface area contributed by atoms with Crippen molar-refractivity contribution in [1.82, 2.24) is 9.13 Å². The van der Waals surface area contributed by atoms with Gasteiger partial charge in [0.2, 0.25) is 5.91 Å². The summed E-state index contributed by atoms with van der Waals surface area (Å²) in [6, 6.07) is 4.73. The number of benzene rings is 1. The van der Waals surface area contributed by atoms with Gasteiger partial charge < -0.3 is 11.1 Å². The number of hydrogen-bond acceptors (Lipinski definition) is 4. The Bertz CT molecular complexity index is 849. The first-order valence-electron chi connectivity index (χ1n) is 7.71. The van der Waals surface area contributed by atoms with Crippen molar-refractivity contribution >= 4 is 22.5 Å². The van der Waals surface area contributed by atoms with E-state index in [0.717, 1.165) is 0 Å². The molecule has 7 heteroatoms. The number of anilines is 1. The van der Waals surface area contributed by atoms with Crippen molar-refractivity contribution in [1.29, 1.82) is 0 Å². The highest BCUT2D eigenvalue weighted by Crippen LogP contribution is 2.16. The van der Waals surface area contributed by atoms with Gasteiger partial charge in [0.25, 0.3) is 5.56 Å². The van der Waals surface area contributed by atoms with Gasteiger partial charge in [0.05, 0.1) is 10.9 Å². The fourth-order valence-electron chi connectivity index (χ4n) is 2.59. The number of fused-ring (bicyclic) bond motifs is 1. The Kier molecular flexibility index (Phi) is 5.00. The molecule has 0 aliphatic rings. The second-order valence-corrected chi connectivity index (χ2v) is 5.54. The van der Waals surface area contributed by atoms with Crippen LogP contribution in [-0.4, -0.2) is 21.1 Å². The molecule has 0 radical (unpaired) electrons. The lowest BCUT2D eigenvalue weighted by Crippen LogP contribution is -2.39. The van der Waals surface area contributed by atoms with E-state index in [4.69, 9.17) is 5.73 Å². The molecule has 0 saturated carbocycles. The number of carbonyl (C=O) groups excluding carboxylic acids is 1. The van der Waals surface area contributed by atoms with Crippen LogP contribution < -0.4 is 22.3 Å².